The van der Waals surface area contributed by atoms with Crippen LogP contribution in [0, 0.1) is 0 Å². The van der Waals surface area contributed by atoms with Crippen molar-refractivity contribution in [3.63, 3.8) is 0 Å². The van der Waals surface area contributed by atoms with Gasteiger partial charge in [-0.1, -0.05) is 75.0 Å². The molecule has 0 amide bonds. The molecule has 0 bridgehead atoms. The average Bonchev–Trinajstić information content (AvgIpc) is 2.40. The summed E-state index contributed by atoms with van der Waals surface area (Å²) in [6, 6.07) is 19.3. The van der Waals surface area contributed by atoms with Crippen molar-refractivity contribution in [2.24, 2.45) is 0 Å². The summed E-state index contributed by atoms with van der Waals surface area (Å²) in [5, 5.41) is 0. The molecule has 0 heteroatoms. The summed E-state index contributed by atoms with van der Waals surface area (Å²) >= 11 is 0. The van der Waals surface area contributed by atoms with E-state index in [9.17, 15) is 0 Å². The second kappa shape index (κ2) is 5.68. The van der Waals surface area contributed by atoms with E-state index in [2.05, 4.69) is 69.0 Å². The molecule has 0 saturated heterocycles. The van der Waals surface area contributed by atoms with E-state index in [0.29, 0.717) is 5.92 Å². The molecule has 0 heterocycles. The van der Waals surface area contributed by atoms with Gasteiger partial charge >= 0.3 is 0 Å². The zero-order valence-corrected chi connectivity index (χ0v) is 11.2. The predicted molar refractivity (Wildman–Crippen MR) is 79.7 cm³/mol. The molecule has 92 valence electrons. The van der Waals surface area contributed by atoms with Crippen molar-refractivity contribution in [3.05, 3.63) is 77.9 Å². The summed E-state index contributed by atoms with van der Waals surface area (Å²) in [5.41, 5.74) is 5.11. The first kappa shape index (κ1) is 12.6. The van der Waals surface area contributed by atoms with Gasteiger partial charge in [0.25, 0.3) is 0 Å². The Hall–Kier alpha value is -1.82. The Morgan fingerprint density at radius 1 is 0.944 bits per heavy atom. The van der Waals surface area contributed by atoms with Crippen LogP contribution in [0.25, 0.3) is 5.57 Å². The molecule has 0 nitrogen and oxygen atoms in total. The zero-order valence-electron chi connectivity index (χ0n) is 11.2. The van der Waals surface area contributed by atoms with Crippen LogP contribution in [0.1, 0.15) is 36.5 Å². The summed E-state index contributed by atoms with van der Waals surface area (Å²) in [5.74, 6) is 0.585. The fourth-order valence-electron chi connectivity index (χ4n) is 2.05. The highest BCUT2D eigenvalue weighted by atomic mass is 14.1. The SMILES string of the molecule is C=C(Cc1ccccc1)c1ccc(C(C)C)cc1. The van der Waals surface area contributed by atoms with E-state index in [1.54, 1.807) is 0 Å². The van der Waals surface area contributed by atoms with Crippen LogP contribution in [0.4, 0.5) is 0 Å². The second-order valence-electron chi connectivity index (χ2n) is 5.04. The number of hydrogen-bond donors (Lipinski definition) is 0. The van der Waals surface area contributed by atoms with E-state index >= 15 is 0 Å². The van der Waals surface area contributed by atoms with Gasteiger partial charge in [-0.15, -0.1) is 0 Å². The lowest BCUT2D eigenvalue weighted by Crippen LogP contribution is -1.91. The minimum absolute atomic E-state index is 0.585. The van der Waals surface area contributed by atoms with Crippen LogP contribution in [0.2, 0.25) is 0 Å². The summed E-state index contributed by atoms with van der Waals surface area (Å²) in [6.45, 7) is 8.63. The molecule has 0 spiro atoms. The van der Waals surface area contributed by atoms with Crippen LogP contribution >= 0.6 is 0 Å². The normalized spacial score (nSPS) is 10.6. The van der Waals surface area contributed by atoms with E-state index < -0.39 is 0 Å². The molecule has 0 aliphatic carbocycles. The maximum atomic E-state index is 4.19. The minimum atomic E-state index is 0.585. The van der Waals surface area contributed by atoms with Gasteiger partial charge in [0.15, 0.2) is 0 Å². The van der Waals surface area contributed by atoms with E-state index in [0.717, 1.165) is 6.42 Å². The molecule has 0 aromatic heterocycles. The third kappa shape index (κ3) is 3.10. The van der Waals surface area contributed by atoms with Crippen LogP contribution in [0.3, 0.4) is 0 Å². The zero-order chi connectivity index (χ0) is 13.0. The van der Waals surface area contributed by atoms with Crippen molar-refractivity contribution in [3.8, 4) is 0 Å². The fraction of sp³-hybridized carbons (Fsp3) is 0.222. The van der Waals surface area contributed by atoms with Gasteiger partial charge in [-0.3, -0.25) is 0 Å². The van der Waals surface area contributed by atoms with Gasteiger partial charge in [-0.25, -0.2) is 0 Å². The van der Waals surface area contributed by atoms with Gasteiger partial charge in [0, 0.05) is 0 Å². The van der Waals surface area contributed by atoms with Gasteiger partial charge in [0.2, 0.25) is 0 Å². The van der Waals surface area contributed by atoms with Crippen molar-refractivity contribution in [2.45, 2.75) is 26.2 Å². The molecule has 0 aliphatic heterocycles. The molecule has 2 aromatic rings. The Kier molecular flexibility index (Phi) is 3.99. The van der Waals surface area contributed by atoms with Crippen LogP contribution in [0.15, 0.2) is 61.2 Å². The van der Waals surface area contributed by atoms with Crippen molar-refractivity contribution in [2.75, 3.05) is 0 Å². The average molecular weight is 236 g/mol. The topological polar surface area (TPSA) is 0 Å². The lowest BCUT2D eigenvalue weighted by Gasteiger charge is -2.09. The smallest absolute Gasteiger partial charge is 0.00257 e. The molecule has 0 saturated carbocycles. The lowest BCUT2D eigenvalue weighted by molar-refractivity contribution is 0.866. The van der Waals surface area contributed by atoms with Crippen molar-refractivity contribution >= 4 is 5.57 Å². The van der Waals surface area contributed by atoms with Gasteiger partial charge in [0.05, 0.1) is 0 Å². The second-order valence-corrected chi connectivity index (χ2v) is 5.04. The first-order chi connectivity index (χ1) is 8.66. The summed E-state index contributed by atoms with van der Waals surface area (Å²) in [7, 11) is 0. The van der Waals surface area contributed by atoms with E-state index in [1.807, 2.05) is 6.07 Å². The first-order valence-corrected chi connectivity index (χ1v) is 6.49. The Balaban J connectivity index is 2.10. The molecule has 0 aliphatic rings. The minimum Gasteiger partial charge on any atom is -0.0949 e. The highest BCUT2D eigenvalue weighted by Crippen LogP contribution is 2.21. The van der Waals surface area contributed by atoms with Crippen LogP contribution in [0.5, 0.6) is 0 Å². The molecular formula is C18H20. The highest BCUT2D eigenvalue weighted by molar-refractivity contribution is 5.65. The number of benzene rings is 2. The van der Waals surface area contributed by atoms with Gasteiger partial charge < -0.3 is 0 Å². The summed E-state index contributed by atoms with van der Waals surface area (Å²) in [4.78, 5) is 0. The van der Waals surface area contributed by atoms with Crippen molar-refractivity contribution in [1.29, 1.82) is 0 Å². The molecule has 2 rings (SSSR count). The summed E-state index contributed by atoms with van der Waals surface area (Å²) < 4.78 is 0. The summed E-state index contributed by atoms with van der Waals surface area (Å²) in [6.07, 6.45) is 0.919. The van der Waals surface area contributed by atoms with Gasteiger partial charge in [-0.2, -0.15) is 0 Å². The largest absolute Gasteiger partial charge is 0.0949 e. The Labute approximate surface area is 110 Å². The Morgan fingerprint density at radius 3 is 2.11 bits per heavy atom. The fourth-order valence-corrected chi connectivity index (χ4v) is 2.05. The third-order valence-electron chi connectivity index (χ3n) is 3.25. The van der Waals surface area contributed by atoms with E-state index in [4.69, 9.17) is 0 Å². The standard InChI is InChI=1S/C18H20/c1-14(2)17-9-11-18(12-10-17)15(3)13-16-7-5-4-6-8-16/h4-12,14H,3,13H2,1-2H3. The molecule has 0 radical (unpaired) electrons. The molecule has 0 unspecified atom stereocenters. The maximum Gasteiger partial charge on any atom is -0.00257 e. The molecule has 18 heavy (non-hydrogen) atoms. The number of rotatable bonds is 4. The molecule has 0 atom stereocenters. The molecule has 0 fully saturated rings. The van der Waals surface area contributed by atoms with Gasteiger partial charge in [0.1, 0.15) is 0 Å². The number of allylic oxidation sites excluding steroid dienone is 1. The van der Waals surface area contributed by atoms with Crippen LogP contribution in [-0.2, 0) is 6.42 Å². The van der Waals surface area contributed by atoms with Gasteiger partial charge in [-0.05, 0) is 34.6 Å². The van der Waals surface area contributed by atoms with E-state index in [-0.39, 0.29) is 0 Å². The lowest BCUT2D eigenvalue weighted by atomic mass is 9.96. The number of hydrogen-bond acceptors (Lipinski definition) is 0. The van der Waals surface area contributed by atoms with Crippen LogP contribution < -0.4 is 0 Å². The first-order valence-electron chi connectivity index (χ1n) is 6.49. The maximum absolute atomic E-state index is 4.19. The third-order valence-corrected chi connectivity index (χ3v) is 3.25. The van der Waals surface area contributed by atoms with Crippen molar-refractivity contribution < 1.29 is 0 Å². The quantitative estimate of drug-likeness (QED) is 0.695. The Bertz CT molecular complexity index is 503. The molecule has 2 aromatic carbocycles. The van der Waals surface area contributed by atoms with E-state index in [1.165, 1.54) is 22.3 Å². The Morgan fingerprint density at radius 2 is 1.56 bits per heavy atom. The molecule has 0 N–H and O–H groups in total. The predicted octanol–water partition coefficient (Wildman–Crippen LogP) is 5.07. The molecular weight excluding hydrogens is 216 g/mol. The monoisotopic (exact) mass is 236 g/mol. The van der Waals surface area contributed by atoms with Crippen LogP contribution in [-0.4, -0.2) is 0 Å². The highest BCUT2D eigenvalue weighted by Gasteiger charge is 2.02. The van der Waals surface area contributed by atoms with Crippen molar-refractivity contribution in [1.82, 2.24) is 0 Å².